The smallest absolute Gasteiger partial charge is 0.261 e. The first-order valence-electron chi connectivity index (χ1n) is 8.17. The molecule has 0 spiro atoms. The lowest BCUT2D eigenvalue weighted by Crippen LogP contribution is -2.38. The van der Waals surface area contributed by atoms with Crippen LogP contribution < -0.4 is 10.9 Å². The summed E-state index contributed by atoms with van der Waals surface area (Å²) in [6, 6.07) is 10.4. The van der Waals surface area contributed by atoms with E-state index in [-0.39, 0.29) is 11.0 Å². The number of hydrogen-bond donors (Lipinski definition) is 2. The van der Waals surface area contributed by atoms with Crippen LogP contribution in [-0.4, -0.2) is 30.6 Å². The lowest BCUT2D eigenvalue weighted by molar-refractivity contribution is 0.0666. The van der Waals surface area contributed by atoms with Crippen molar-refractivity contribution >= 4 is 17.5 Å². The molecule has 0 atom stereocenters. The van der Waals surface area contributed by atoms with Gasteiger partial charge in [0.1, 0.15) is 5.56 Å². The second-order valence-electron chi connectivity index (χ2n) is 6.61. The van der Waals surface area contributed by atoms with E-state index >= 15 is 0 Å². The largest absolute Gasteiger partial charge is 0.381 e. The Balaban J connectivity index is 2.10. The standard InChI is InChI=1S/C19H23ClN2O3/c1-4-25-12-19(2,3)11-21-17(23)15-8-9-16(22-18(15)24)13-6-5-7-14(20)10-13/h5-10H,4,11-12H2,1-3H3,(H,21,23)(H,22,24). The van der Waals surface area contributed by atoms with E-state index in [1.165, 1.54) is 6.07 Å². The predicted octanol–water partition coefficient (Wildman–Crippen LogP) is 3.49. The highest BCUT2D eigenvalue weighted by atomic mass is 35.5. The number of amides is 1. The molecule has 0 aliphatic rings. The number of carbonyl (C=O) groups is 1. The van der Waals surface area contributed by atoms with Crippen LogP contribution in [0.15, 0.2) is 41.2 Å². The summed E-state index contributed by atoms with van der Waals surface area (Å²) in [6.45, 7) is 7.50. The predicted molar refractivity (Wildman–Crippen MR) is 100 cm³/mol. The molecule has 0 saturated heterocycles. The number of aromatic amines is 1. The molecule has 0 unspecified atom stereocenters. The van der Waals surface area contributed by atoms with Gasteiger partial charge >= 0.3 is 0 Å². The molecule has 0 aliphatic carbocycles. The van der Waals surface area contributed by atoms with Crippen molar-refractivity contribution in [1.29, 1.82) is 0 Å². The van der Waals surface area contributed by atoms with Gasteiger partial charge in [-0.15, -0.1) is 0 Å². The van der Waals surface area contributed by atoms with Crippen LogP contribution in [0.1, 0.15) is 31.1 Å². The van der Waals surface area contributed by atoms with Gasteiger partial charge in [-0.3, -0.25) is 9.59 Å². The van der Waals surface area contributed by atoms with Crippen LogP contribution in [0.2, 0.25) is 5.02 Å². The minimum Gasteiger partial charge on any atom is -0.381 e. The van der Waals surface area contributed by atoms with E-state index in [1.807, 2.05) is 26.8 Å². The van der Waals surface area contributed by atoms with Gasteiger partial charge in [0.25, 0.3) is 11.5 Å². The van der Waals surface area contributed by atoms with Gasteiger partial charge in [-0.2, -0.15) is 0 Å². The zero-order valence-electron chi connectivity index (χ0n) is 14.7. The first-order valence-corrected chi connectivity index (χ1v) is 8.55. The summed E-state index contributed by atoms with van der Waals surface area (Å²) in [5.74, 6) is -0.400. The summed E-state index contributed by atoms with van der Waals surface area (Å²) in [5, 5.41) is 3.38. The maximum absolute atomic E-state index is 12.3. The SMILES string of the molecule is CCOCC(C)(C)CNC(=O)c1ccc(-c2cccc(Cl)c2)[nH]c1=O. The van der Waals surface area contributed by atoms with Gasteiger partial charge in [-0.25, -0.2) is 0 Å². The molecule has 2 aromatic rings. The second-order valence-corrected chi connectivity index (χ2v) is 7.05. The molecule has 0 bridgehead atoms. The van der Waals surface area contributed by atoms with Crippen molar-refractivity contribution in [3.63, 3.8) is 0 Å². The summed E-state index contributed by atoms with van der Waals surface area (Å²) in [5.41, 5.74) is 0.838. The monoisotopic (exact) mass is 362 g/mol. The summed E-state index contributed by atoms with van der Waals surface area (Å²) >= 11 is 5.97. The molecule has 1 amide bonds. The molecular formula is C19H23ClN2O3. The Bertz CT molecular complexity index is 799. The summed E-state index contributed by atoms with van der Waals surface area (Å²) in [4.78, 5) is 27.3. The zero-order valence-corrected chi connectivity index (χ0v) is 15.4. The van der Waals surface area contributed by atoms with Crippen molar-refractivity contribution in [2.24, 2.45) is 5.41 Å². The molecule has 1 heterocycles. The molecule has 6 heteroatoms. The fourth-order valence-corrected chi connectivity index (χ4v) is 2.51. The Morgan fingerprint density at radius 1 is 1.28 bits per heavy atom. The lowest BCUT2D eigenvalue weighted by Gasteiger charge is -2.24. The van der Waals surface area contributed by atoms with Crippen LogP contribution >= 0.6 is 11.6 Å². The van der Waals surface area contributed by atoms with E-state index in [4.69, 9.17) is 16.3 Å². The van der Waals surface area contributed by atoms with Crippen molar-refractivity contribution in [2.75, 3.05) is 19.8 Å². The number of nitrogens with one attached hydrogen (secondary N) is 2. The maximum Gasteiger partial charge on any atom is 0.261 e. The highest BCUT2D eigenvalue weighted by Gasteiger charge is 2.20. The van der Waals surface area contributed by atoms with Gasteiger partial charge in [0.2, 0.25) is 0 Å². The minimum atomic E-state index is -0.433. The number of pyridine rings is 1. The molecule has 0 radical (unpaired) electrons. The molecule has 1 aromatic carbocycles. The Morgan fingerprint density at radius 2 is 2.04 bits per heavy atom. The molecule has 2 rings (SSSR count). The number of H-pyrrole nitrogens is 1. The van der Waals surface area contributed by atoms with Gasteiger partial charge in [-0.05, 0) is 36.8 Å². The van der Waals surface area contributed by atoms with E-state index in [0.717, 1.165) is 5.56 Å². The number of benzene rings is 1. The molecule has 134 valence electrons. The van der Waals surface area contributed by atoms with E-state index in [1.54, 1.807) is 24.3 Å². The Hall–Kier alpha value is -2.11. The second kappa shape index (κ2) is 8.32. The number of aromatic nitrogens is 1. The van der Waals surface area contributed by atoms with Crippen LogP contribution in [0, 0.1) is 5.41 Å². The molecule has 0 fully saturated rings. The van der Waals surface area contributed by atoms with E-state index in [0.29, 0.717) is 30.5 Å². The van der Waals surface area contributed by atoms with Crippen LogP contribution in [0.4, 0.5) is 0 Å². The number of rotatable bonds is 7. The average molecular weight is 363 g/mol. The Morgan fingerprint density at radius 3 is 2.68 bits per heavy atom. The van der Waals surface area contributed by atoms with Gasteiger partial charge in [-0.1, -0.05) is 37.6 Å². The summed E-state index contributed by atoms with van der Waals surface area (Å²) in [7, 11) is 0. The maximum atomic E-state index is 12.3. The van der Waals surface area contributed by atoms with Crippen molar-refractivity contribution in [3.05, 3.63) is 57.3 Å². The van der Waals surface area contributed by atoms with Crippen molar-refractivity contribution in [3.8, 4) is 11.3 Å². The van der Waals surface area contributed by atoms with Gasteiger partial charge in [0, 0.05) is 29.3 Å². The summed E-state index contributed by atoms with van der Waals surface area (Å²) < 4.78 is 5.40. The van der Waals surface area contributed by atoms with Crippen LogP contribution in [0.25, 0.3) is 11.3 Å². The minimum absolute atomic E-state index is 0.0815. The van der Waals surface area contributed by atoms with Crippen molar-refractivity contribution in [1.82, 2.24) is 10.3 Å². The van der Waals surface area contributed by atoms with Gasteiger partial charge < -0.3 is 15.0 Å². The Labute approximate surface area is 152 Å². The molecule has 2 N–H and O–H groups in total. The van der Waals surface area contributed by atoms with E-state index in [2.05, 4.69) is 10.3 Å². The molecule has 0 aliphatic heterocycles. The average Bonchev–Trinajstić information content (AvgIpc) is 2.58. The quantitative estimate of drug-likeness (QED) is 0.792. The molecular weight excluding hydrogens is 340 g/mol. The third kappa shape index (κ3) is 5.44. The van der Waals surface area contributed by atoms with Gasteiger partial charge in [0.15, 0.2) is 0 Å². The molecule has 1 aromatic heterocycles. The fourth-order valence-electron chi connectivity index (χ4n) is 2.32. The third-order valence-electron chi connectivity index (χ3n) is 3.71. The van der Waals surface area contributed by atoms with Crippen LogP contribution in [0.3, 0.4) is 0 Å². The lowest BCUT2D eigenvalue weighted by atomic mass is 9.94. The molecule has 25 heavy (non-hydrogen) atoms. The van der Waals surface area contributed by atoms with E-state index in [9.17, 15) is 9.59 Å². The van der Waals surface area contributed by atoms with Crippen LogP contribution in [-0.2, 0) is 4.74 Å². The zero-order chi connectivity index (χ0) is 18.4. The fraction of sp³-hybridized carbons (Fsp3) is 0.368. The number of carbonyl (C=O) groups excluding carboxylic acids is 1. The highest BCUT2D eigenvalue weighted by Crippen LogP contribution is 2.20. The topological polar surface area (TPSA) is 71.2 Å². The number of hydrogen-bond acceptors (Lipinski definition) is 3. The third-order valence-corrected chi connectivity index (χ3v) is 3.95. The highest BCUT2D eigenvalue weighted by molar-refractivity contribution is 6.30. The molecule has 0 saturated carbocycles. The summed E-state index contributed by atoms with van der Waals surface area (Å²) in [6.07, 6.45) is 0. The van der Waals surface area contributed by atoms with E-state index < -0.39 is 11.5 Å². The first kappa shape index (κ1) is 19.2. The normalized spacial score (nSPS) is 11.4. The number of ether oxygens (including phenoxy) is 1. The van der Waals surface area contributed by atoms with Crippen LogP contribution in [0.5, 0.6) is 0 Å². The van der Waals surface area contributed by atoms with Crippen molar-refractivity contribution < 1.29 is 9.53 Å². The Kier molecular flexibility index (Phi) is 6.39. The van der Waals surface area contributed by atoms with Crippen molar-refractivity contribution in [2.45, 2.75) is 20.8 Å². The van der Waals surface area contributed by atoms with Gasteiger partial charge in [0.05, 0.1) is 6.61 Å². The first-order chi connectivity index (χ1) is 11.8. The number of halogens is 1. The molecule has 5 nitrogen and oxygen atoms in total.